The number of hydrogen-bond acceptors (Lipinski definition) is 10. The molecule has 1 aliphatic rings. The molecule has 0 spiro atoms. The van der Waals surface area contributed by atoms with Crippen LogP contribution in [0.2, 0.25) is 0 Å². The third kappa shape index (κ3) is 11.8. The minimum absolute atomic E-state index is 0.0129. The second kappa shape index (κ2) is 16.6. The Morgan fingerprint density at radius 2 is 0.941 bits per heavy atom. The smallest absolute Gasteiger partial charge is 0.333 e. The number of esters is 4. The average Bonchev–Trinajstić information content (AvgIpc) is 2.81. The van der Waals surface area contributed by atoms with E-state index in [0.29, 0.717) is 24.0 Å². The van der Waals surface area contributed by atoms with Crippen LogP contribution in [0, 0.1) is 11.8 Å². The van der Waals surface area contributed by atoms with Crippen molar-refractivity contribution in [2.24, 2.45) is 11.8 Å². The zero-order chi connectivity index (χ0) is 25.3. The molecule has 0 aromatic heterocycles. The highest BCUT2D eigenvalue weighted by Gasteiger charge is 2.36. The molecule has 0 amide bonds. The van der Waals surface area contributed by atoms with Crippen molar-refractivity contribution in [1.82, 2.24) is 0 Å². The third-order valence-corrected chi connectivity index (χ3v) is 4.60. The van der Waals surface area contributed by atoms with Gasteiger partial charge in [-0.1, -0.05) is 25.3 Å². The quantitative estimate of drug-likeness (QED) is 0.106. The first-order valence-electron chi connectivity index (χ1n) is 11.0. The minimum Gasteiger partial charge on any atom is -0.463 e. The average molecular weight is 483 g/mol. The van der Waals surface area contributed by atoms with Crippen LogP contribution in [0.25, 0.3) is 0 Å². The summed E-state index contributed by atoms with van der Waals surface area (Å²) in [5.74, 6) is -3.27. The SMILES string of the molecule is C=C(C)C(=O)OCCOCCOC(=O)[C@H]1CC=CC[C@H]1C(=O)OCCOCCOC(=O)C(=C)C. The highest BCUT2D eigenvalue weighted by molar-refractivity contribution is 5.87. The molecule has 0 unspecified atom stereocenters. The van der Waals surface area contributed by atoms with E-state index in [0.717, 1.165) is 0 Å². The van der Waals surface area contributed by atoms with E-state index in [1.54, 1.807) is 13.8 Å². The van der Waals surface area contributed by atoms with Crippen molar-refractivity contribution < 1.29 is 47.6 Å². The Bertz CT molecular complexity index is 693. The van der Waals surface area contributed by atoms with E-state index in [2.05, 4.69) is 13.2 Å². The van der Waals surface area contributed by atoms with Crippen LogP contribution in [0.5, 0.6) is 0 Å². The van der Waals surface area contributed by atoms with E-state index < -0.39 is 35.7 Å². The van der Waals surface area contributed by atoms with Crippen molar-refractivity contribution in [2.75, 3.05) is 52.9 Å². The number of ether oxygens (including phenoxy) is 6. The Labute approximate surface area is 199 Å². The predicted octanol–water partition coefficient (Wildman–Crippen LogP) is 1.93. The molecule has 0 bridgehead atoms. The van der Waals surface area contributed by atoms with Crippen LogP contribution in [-0.4, -0.2) is 76.7 Å². The molecule has 0 aromatic carbocycles. The van der Waals surface area contributed by atoms with Crippen molar-refractivity contribution in [3.05, 3.63) is 36.5 Å². The predicted molar refractivity (Wildman–Crippen MR) is 120 cm³/mol. The molecule has 10 heteroatoms. The molecule has 2 atom stereocenters. The van der Waals surface area contributed by atoms with E-state index in [-0.39, 0.29) is 52.9 Å². The van der Waals surface area contributed by atoms with Gasteiger partial charge in [0.25, 0.3) is 0 Å². The van der Waals surface area contributed by atoms with E-state index in [4.69, 9.17) is 28.4 Å². The third-order valence-electron chi connectivity index (χ3n) is 4.60. The zero-order valence-electron chi connectivity index (χ0n) is 19.9. The number of hydrogen-bond donors (Lipinski definition) is 0. The molecule has 34 heavy (non-hydrogen) atoms. The van der Waals surface area contributed by atoms with Crippen LogP contribution in [0.3, 0.4) is 0 Å². The minimum atomic E-state index is -0.642. The maximum Gasteiger partial charge on any atom is 0.333 e. The normalized spacial score (nSPS) is 16.9. The number of allylic oxidation sites excluding steroid dienone is 2. The largest absolute Gasteiger partial charge is 0.463 e. The first-order valence-corrected chi connectivity index (χ1v) is 11.0. The summed E-state index contributed by atoms with van der Waals surface area (Å²) >= 11 is 0. The van der Waals surface area contributed by atoms with Crippen molar-refractivity contribution in [3.8, 4) is 0 Å². The van der Waals surface area contributed by atoms with Gasteiger partial charge in [0, 0.05) is 11.1 Å². The first kappa shape index (κ1) is 29.1. The van der Waals surface area contributed by atoms with Gasteiger partial charge in [0.2, 0.25) is 0 Å². The summed E-state index contributed by atoms with van der Waals surface area (Å²) in [5, 5.41) is 0. The first-order chi connectivity index (χ1) is 16.2. The fourth-order valence-corrected chi connectivity index (χ4v) is 2.79. The Morgan fingerprint density at radius 1 is 0.618 bits per heavy atom. The maximum absolute atomic E-state index is 12.4. The summed E-state index contributed by atoms with van der Waals surface area (Å²) in [5.41, 5.74) is 0.607. The van der Waals surface area contributed by atoms with Crippen LogP contribution >= 0.6 is 0 Å². The molecule has 1 rings (SSSR count). The van der Waals surface area contributed by atoms with E-state index in [9.17, 15) is 19.2 Å². The summed E-state index contributed by atoms with van der Waals surface area (Å²) in [7, 11) is 0. The molecular formula is C24H34O10. The van der Waals surface area contributed by atoms with E-state index >= 15 is 0 Å². The topological polar surface area (TPSA) is 124 Å². The highest BCUT2D eigenvalue weighted by atomic mass is 16.6. The van der Waals surface area contributed by atoms with Crippen molar-refractivity contribution in [2.45, 2.75) is 26.7 Å². The molecule has 0 aliphatic heterocycles. The summed E-state index contributed by atoms with van der Waals surface area (Å²) < 4.78 is 30.7. The van der Waals surface area contributed by atoms with Gasteiger partial charge in [-0.2, -0.15) is 0 Å². The van der Waals surface area contributed by atoms with Crippen LogP contribution in [0.15, 0.2) is 36.5 Å². The van der Waals surface area contributed by atoms with Gasteiger partial charge in [0.05, 0.1) is 38.3 Å². The highest BCUT2D eigenvalue weighted by Crippen LogP contribution is 2.28. The van der Waals surface area contributed by atoms with Crippen molar-refractivity contribution in [1.29, 1.82) is 0 Å². The number of carbonyl (C=O) groups excluding carboxylic acids is 4. The molecule has 190 valence electrons. The van der Waals surface area contributed by atoms with E-state index in [1.165, 1.54) is 0 Å². The van der Waals surface area contributed by atoms with Crippen LogP contribution < -0.4 is 0 Å². The van der Waals surface area contributed by atoms with Gasteiger partial charge in [-0.05, 0) is 26.7 Å². The molecule has 0 fully saturated rings. The van der Waals surface area contributed by atoms with Gasteiger partial charge in [-0.15, -0.1) is 0 Å². The fourth-order valence-electron chi connectivity index (χ4n) is 2.79. The number of rotatable bonds is 16. The lowest BCUT2D eigenvalue weighted by Crippen LogP contribution is -2.34. The lowest BCUT2D eigenvalue weighted by molar-refractivity contribution is -0.162. The van der Waals surface area contributed by atoms with Crippen LogP contribution in [0.1, 0.15) is 26.7 Å². The summed E-state index contributed by atoms with van der Waals surface area (Å²) in [4.78, 5) is 47.4. The monoisotopic (exact) mass is 482 g/mol. The summed E-state index contributed by atoms with van der Waals surface area (Å²) in [6, 6.07) is 0. The fraction of sp³-hybridized carbons (Fsp3) is 0.583. The van der Waals surface area contributed by atoms with Gasteiger partial charge >= 0.3 is 23.9 Å². The molecule has 0 radical (unpaired) electrons. The van der Waals surface area contributed by atoms with Gasteiger partial charge in [-0.25, -0.2) is 9.59 Å². The van der Waals surface area contributed by atoms with Crippen LogP contribution in [-0.2, 0) is 47.6 Å². The Kier molecular flexibility index (Phi) is 14.2. The Balaban J connectivity index is 2.23. The molecule has 0 aromatic rings. The lowest BCUT2D eigenvalue weighted by atomic mass is 9.83. The van der Waals surface area contributed by atoms with Gasteiger partial charge in [-0.3, -0.25) is 9.59 Å². The van der Waals surface area contributed by atoms with Crippen LogP contribution in [0.4, 0.5) is 0 Å². The standard InChI is InChI=1S/C24H34O10/c1-17(2)21(25)31-13-9-29-11-15-33-23(27)19-7-5-6-8-20(19)24(28)34-16-12-30-10-14-32-22(26)18(3)4/h5-6,19-20H,1,3,7-16H2,2,4H3/t19-,20+. The molecule has 0 heterocycles. The van der Waals surface area contributed by atoms with Gasteiger partial charge in [0.15, 0.2) is 0 Å². The molecule has 10 nitrogen and oxygen atoms in total. The lowest BCUT2D eigenvalue weighted by Gasteiger charge is -2.25. The maximum atomic E-state index is 12.4. The van der Waals surface area contributed by atoms with Gasteiger partial charge in [0.1, 0.15) is 26.4 Å². The second-order valence-electron chi connectivity index (χ2n) is 7.55. The van der Waals surface area contributed by atoms with Crippen molar-refractivity contribution >= 4 is 23.9 Å². The summed E-state index contributed by atoms with van der Waals surface area (Å²) in [6.45, 7) is 10.8. The summed E-state index contributed by atoms with van der Waals surface area (Å²) in [6.07, 6.45) is 4.41. The Morgan fingerprint density at radius 3 is 1.26 bits per heavy atom. The molecule has 0 saturated heterocycles. The Hall–Kier alpha value is -2.98. The zero-order valence-corrected chi connectivity index (χ0v) is 19.9. The van der Waals surface area contributed by atoms with Gasteiger partial charge < -0.3 is 28.4 Å². The van der Waals surface area contributed by atoms with E-state index in [1.807, 2.05) is 12.2 Å². The molecule has 0 N–H and O–H groups in total. The number of carbonyl (C=O) groups is 4. The molecular weight excluding hydrogens is 448 g/mol. The van der Waals surface area contributed by atoms with Crippen molar-refractivity contribution in [3.63, 3.8) is 0 Å². The second-order valence-corrected chi connectivity index (χ2v) is 7.55. The molecule has 0 saturated carbocycles. The molecule has 1 aliphatic carbocycles.